The number of carbonyl (C=O) groups is 6. The predicted molar refractivity (Wildman–Crippen MR) is 494 cm³/mol. The van der Waals surface area contributed by atoms with Gasteiger partial charge < -0.3 is 48.7 Å². The highest BCUT2D eigenvalue weighted by molar-refractivity contribution is 6.16. The van der Waals surface area contributed by atoms with Gasteiger partial charge in [-0.1, -0.05) is 6.07 Å². The molecule has 4 amide bonds. The van der Waals surface area contributed by atoms with Gasteiger partial charge in [0.2, 0.25) is 5.82 Å². The van der Waals surface area contributed by atoms with E-state index in [-0.39, 0.29) is 69.9 Å². The van der Waals surface area contributed by atoms with Crippen LogP contribution in [0.5, 0.6) is 0 Å². The lowest BCUT2D eigenvalue weighted by molar-refractivity contribution is -0.145. The van der Waals surface area contributed by atoms with E-state index in [0.29, 0.717) is 110 Å². The molecule has 0 aliphatic heterocycles. The van der Waals surface area contributed by atoms with Gasteiger partial charge in [-0.05, 0) is 181 Å². The smallest absolute Gasteiger partial charge is 0.350 e. The van der Waals surface area contributed by atoms with E-state index in [4.69, 9.17) is 0 Å². The number of carbonyl (C=O) groups excluding carboxylic acids is 6. The quantitative estimate of drug-likeness (QED) is 0.0433. The van der Waals surface area contributed by atoms with Gasteiger partial charge in [-0.2, -0.15) is 52.7 Å². The molecule has 0 saturated heterocycles. The normalized spacial score (nSPS) is 11.6. The second-order valence-electron chi connectivity index (χ2n) is 31.9. The van der Waals surface area contributed by atoms with Crippen molar-refractivity contribution >= 4 is 123 Å². The van der Waals surface area contributed by atoms with Gasteiger partial charge in [0.05, 0.1) is 70.5 Å². The Bertz CT molecular complexity index is 7700. The van der Waals surface area contributed by atoms with Crippen molar-refractivity contribution in [2.24, 2.45) is 7.05 Å². The average Bonchev–Trinajstić information content (AvgIpc) is 1.64. The summed E-state index contributed by atoms with van der Waals surface area (Å²) in [5.41, 5.74) is 3.30. The van der Waals surface area contributed by atoms with E-state index in [0.717, 1.165) is 59.7 Å². The third kappa shape index (κ3) is 25.1. The maximum Gasteiger partial charge on any atom is 0.451 e. The van der Waals surface area contributed by atoms with Crippen LogP contribution in [-0.2, 0) is 70.8 Å². The zero-order chi connectivity index (χ0) is 104. The Labute approximate surface area is 802 Å². The lowest BCUT2D eigenvalue weighted by atomic mass is 10.0. The Kier molecular flexibility index (Phi) is 31.9. The number of nitrogens with zero attached hydrogens (tertiary/aromatic N) is 14. The second-order valence-corrected chi connectivity index (χ2v) is 31.9. The fraction of sp³-hybridized carbons (Fsp3) is 0.180. The minimum absolute atomic E-state index is 0.0406. The van der Waals surface area contributed by atoms with Crippen LogP contribution in [0.15, 0.2) is 245 Å². The minimum atomic E-state index is -4.68. The number of amides is 4. The maximum atomic E-state index is 13.6. The van der Waals surface area contributed by atoms with Gasteiger partial charge in [0.25, 0.3) is 23.6 Å². The molecule has 144 heavy (non-hydrogen) atoms. The van der Waals surface area contributed by atoms with E-state index in [9.17, 15) is 117 Å². The molecular weight excluding hydrogens is 1930 g/mol. The average molecular weight is 2010 g/mol. The number of alkyl halides is 12. The molecule has 0 bridgehead atoms. The van der Waals surface area contributed by atoms with Crippen LogP contribution in [0.2, 0.25) is 0 Å². The molecule has 12 aromatic heterocycles. The molecule has 24 nitrogen and oxygen atoms in total. The number of rotatable bonds is 19. The van der Waals surface area contributed by atoms with Crippen LogP contribution in [0, 0.1) is 46.5 Å². The van der Waals surface area contributed by atoms with Gasteiger partial charge in [0.1, 0.15) is 75.8 Å². The molecule has 4 N–H and O–H groups in total. The molecule has 18 aromatic rings. The Morgan fingerprint density at radius 1 is 0.326 bits per heavy atom. The van der Waals surface area contributed by atoms with Gasteiger partial charge in [-0.15, -0.1) is 0 Å². The Morgan fingerprint density at radius 3 is 1.12 bits per heavy atom. The first kappa shape index (κ1) is 104. The number of aromatic nitrogens is 14. The lowest BCUT2D eigenvalue weighted by Crippen LogP contribution is -2.15. The number of benzene rings is 6. The van der Waals surface area contributed by atoms with Gasteiger partial charge in [0.15, 0.2) is 11.6 Å². The van der Waals surface area contributed by atoms with Gasteiger partial charge >= 0.3 is 24.7 Å². The molecule has 744 valence electrons. The van der Waals surface area contributed by atoms with Crippen molar-refractivity contribution in [3.63, 3.8) is 0 Å². The zero-order valence-electron chi connectivity index (χ0n) is 76.2. The Balaban J connectivity index is 0.000000145. The standard InChI is InChI=1S/C18H14F4N2O.C17H13F4N3O.C17H15F2N3O.C16H12F4N4O.C16H11F4N3O.C16H13F2N3O/c1-2-24-10-14(13-8-12(19)4-5-15(13)24)16(25)7-11-3-6-17(23-9-11)18(20,21)22;1-2-24-9-13(12-7-10(18)3-4-14(12)24)15(25)8-11-5-6-22-16(23-11)17(19,20)21;1-10(2)22-9-15(14-6-11(18)3-4-16(14)22)17(23)21-13-5-12(19)7-20-8-13;1-2-24-7-11(10-5-9(17)3-4-12(10)24)15(25)23-14-6-13(16(18,19)20)21-8-22-14;1-23-8-12(11-6-9(17)2-3-13(11)23)15(24)22-10-4-5-21-14(7-10)16(18,19)20;1-2-21-9-14(13-6-10(17)3-4-15(13)21)16(22)20-12-5-11(18)7-19-8-12/h3-6,8-10H,2,7H2,1H3;3-7,9H,2,8H2,1H3;3-10H,1-2H3,(H,21,23);3-8H,2H2,1H3,(H,21,22,23,25);2-8H,1H3,(H,21,22,24);3-9H,2H2,1H3,(H,20,22). The van der Waals surface area contributed by atoms with Gasteiger partial charge in [-0.25, -0.2) is 55.1 Å². The van der Waals surface area contributed by atoms with E-state index < -0.39 is 124 Å². The van der Waals surface area contributed by atoms with E-state index in [1.54, 1.807) is 69.8 Å². The minimum Gasteiger partial charge on any atom is -0.350 e. The first-order chi connectivity index (χ1) is 68.2. The molecule has 0 unspecified atom stereocenters. The molecule has 0 atom stereocenters. The highest BCUT2D eigenvalue weighted by atomic mass is 19.4. The first-order valence-electron chi connectivity index (χ1n) is 43.2. The van der Waals surface area contributed by atoms with Crippen LogP contribution in [0.3, 0.4) is 0 Å². The molecule has 18 rings (SSSR count). The summed E-state index contributed by atoms with van der Waals surface area (Å²) in [6.07, 6.45) is -0.838. The second kappa shape index (κ2) is 43.9. The van der Waals surface area contributed by atoms with Crippen LogP contribution in [-0.4, -0.2) is 102 Å². The summed E-state index contributed by atoms with van der Waals surface area (Å²) < 4.78 is 270. The molecule has 0 radical (unpaired) electrons. The van der Waals surface area contributed by atoms with Crippen molar-refractivity contribution in [3.8, 4) is 0 Å². The van der Waals surface area contributed by atoms with Gasteiger partial charge in [-0.3, -0.25) is 48.7 Å². The molecule has 0 aliphatic carbocycles. The molecule has 6 aromatic carbocycles. The molecular formula is C100H78F20N18O6. The lowest BCUT2D eigenvalue weighted by Gasteiger charge is -2.08. The van der Waals surface area contributed by atoms with Crippen LogP contribution in [0.25, 0.3) is 65.4 Å². The van der Waals surface area contributed by atoms with E-state index >= 15 is 0 Å². The van der Waals surface area contributed by atoms with Crippen molar-refractivity contribution in [1.82, 2.24) is 67.3 Å². The third-order valence-electron chi connectivity index (χ3n) is 21.8. The van der Waals surface area contributed by atoms with Crippen LogP contribution >= 0.6 is 0 Å². The van der Waals surface area contributed by atoms with Crippen molar-refractivity contribution < 1.29 is 117 Å². The zero-order valence-corrected chi connectivity index (χ0v) is 76.2. The number of ketones is 2. The molecule has 12 heterocycles. The number of aryl methyl sites for hydroxylation is 5. The van der Waals surface area contributed by atoms with Gasteiger partial charge in [0, 0.05) is 202 Å². The third-order valence-corrected chi connectivity index (χ3v) is 21.8. The number of Topliss-reactive ketones (excluding diaryl/α,β-unsaturated/α-hetero) is 2. The molecule has 0 aliphatic rings. The summed E-state index contributed by atoms with van der Waals surface area (Å²) in [7, 11) is 1.69. The van der Waals surface area contributed by atoms with E-state index in [1.807, 2.05) is 55.2 Å². The van der Waals surface area contributed by atoms with Crippen LogP contribution in [0.4, 0.5) is 111 Å². The van der Waals surface area contributed by atoms with Crippen LogP contribution in [0.1, 0.15) is 144 Å². The fourth-order valence-corrected chi connectivity index (χ4v) is 15.2. The van der Waals surface area contributed by atoms with Crippen molar-refractivity contribution in [1.29, 1.82) is 0 Å². The number of hydrogen-bond donors (Lipinski definition) is 4. The van der Waals surface area contributed by atoms with E-state index in [1.165, 1.54) is 140 Å². The Morgan fingerprint density at radius 2 is 0.701 bits per heavy atom. The first-order valence-corrected chi connectivity index (χ1v) is 43.2. The number of halogens is 20. The maximum absolute atomic E-state index is 13.6. The predicted octanol–water partition coefficient (Wildman–Crippen LogP) is 24.3. The monoisotopic (exact) mass is 2010 g/mol. The SMILES string of the molecule is CC(C)n1cc(C(=O)Nc2cncc(F)c2)c2cc(F)ccc21.CCn1cc(C(=O)Cc2ccc(C(F)(F)F)nc2)c2cc(F)ccc21.CCn1cc(C(=O)Cc2ccnc(C(F)(F)F)n2)c2cc(F)ccc21.CCn1cc(C(=O)Nc2cc(C(F)(F)F)ncn2)c2cc(F)ccc21.CCn1cc(C(=O)Nc2cncc(F)c2)c2cc(F)ccc21.Cn1cc(C(=O)Nc2ccnc(C(F)(F)F)c2)c2cc(F)ccc21. The summed E-state index contributed by atoms with van der Waals surface area (Å²) in [6, 6.07) is 33.4. The molecule has 0 fully saturated rings. The van der Waals surface area contributed by atoms with E-state index in [2.05, 4.69) is 61.1 Å². The summed E-state index contributed by atoms with van der Waals surface area (Å²) in [5, 5.41) is 12.5. The van der Waals surface area contributed by atoms with Crippen molar-refractivity contribution in [2.75, 3.05) is 21.3 Å². The summed E-state index contributed by atoms with van der Waals surface area (Å²) in [4.78, 5) is 102. The van der Waals surface area contributed by atoms with Crippen molar-refractivity contribution in [3.05, 3.63) is 359 Å². The molecule has 0 saturated carbocycles. The summed E-state index contributed by atoms with van der Waals surface area (Å²) >= 11 is 0. The highest BCUT2D eigenvalue weighted by Gasteiger charge is 2.37. The number of nitrogens with one attached hydrogen (secondary N) is 4. The summed E-state index contributed by atoms with van der Waals surface area (Å²) in [6.45, 7) is 13.9. The number of anilines is 4. The Hall–Kier alpha value is -16.9. The highest BCUT2D eigenvalue weighted by Crippen LogP contribution is 2.37. The largest absolute Gasteiger partial charge is 0.451 e. The fourth-order valence-electron chi connectivity index (χ4n) is 15.2. The number of hydrogen-bond acceptors (Lipinski definition) is 14. The molecule has 0 spiro atoms. The van der Waals surface area contributed by atoms with Crippen LogP contribution < -0.4 is 21.3 Å². The molecule has 44 heteroatoms. The topological polar surface area (TPSA) is 283 Å². The summed E-state index contributed by atoms with van der Waals surface area (Å²) in [5.74, 6) is -8.39. The number of pyridine rings is 4. The van der Waals surface area contributed by atoms with Crippen molar-refractivity contribution in [2.45, 2.75) is 111 Å². The number of fused-ring (bicyclic) bond motifs is 6.